The number of para-hydroxylation sites is 1. The van der Waals surface area contributed by atoms with Crippen LogP contribution in [0, 0.1) is 5.41 Å². The van der Waals surface area contributed by atoms with Crippen LogP contribution in [0.1, 0.15) is 37.8 Å². The number of aromatic amines is 1. The Morgan fingerprint density at radius 2 is 1.82 bits per heavy atom. The molecule has 1 aliphatic rings. The van der Waals surface area contributed by atoms with Crippen molar-refractivity contribution in [1.29, 1.82) is 0 Å². The number of nitrogens with zero attached hydrogens (tertiary/aromatic N) is 3. The van der Waals surface area contributed by atoms with Gasteiger partial charge in [-0.3, -0.25) is 19.4 Å². The summed E-state index contributed by atoms with van der Waals surface area (Å²) in [4.78, 5) is 46.5. The fraction of sp³-hybridized carbons (Fsp3) is 0.452. The average molecular weight is 548 g/mol. The number of amides is 3. The second kappa shape index (κ2) is 11.8. The summed E-state index contributed by atoms with van der Waals surface area (Å²) in [7, 11) is 5.41. The third kappa shape index (κ3) is 6.37. The van der Waals surface area contributed by atoms with Crippen molar-refractivity contribution in [2.75, 3.05) is 34.2 Å². The summed E-state index contributed by atoms with van der Waals surface area (Å²) in [6.45, 7) is 3.95. The molecule has 0 aliphatic carbocycles. The van der Waals surface area contributed by atoms with Gasteiger partial charge in [-0.15, -0.1) is 0 Å². The third-order valence-electron chi connectivity index (χ3n) is 7.89. The molecule has 4 rings (SSSR count). The number of carbonyl (C=O) groups is 3. The summed E-state index contributed by atoms with van der Waals surface area (Å²) in [5.74, 6) is -0.718. The van der Waals surface area contributed by atoms with Crippen LogP contribution in [0.25, 0.3) is 10.9 Å². The molecule has 214 valence electrons. The van der Waals surface area contributed by atoms with Crippen LogP contribution in [0.3, 0.4) is 0 Å². The molecule has 3 aromatic rings. The molecular weight excluding hydrogens is 504 g/mol. The Balaban J connectivity index is 1.67. The third-order valence-corrected chi connectivity index (χ3v) is 7.89. The Morgan fingerprint density at radius 1 is 1.12 bits per heavy atom. The minimum Gasteiger partial charge on any atom is -0.361 e. The van der Waals surface area contributed by atoms with Gasteiger partial charge in [-0.2, -0.15) is 0 Å². The van der Waals surface area contributed by atoms with E-state index in [1.807, 2.05) is 74.9 Å². The van der Waals surface area contributed by atoms with E-state index in [-0.39, 0.29) is 24.8 Å². The lowest BCUT2D eigenvalue weighted by Gasteiger charge is -2.45. The number of hydrogen-bond acceptors (Lipinski definition) is 5. The first-order valence-corrected chi connectivity index (χ1v) is 13.8. The fourth-order valence-electron chi connectivity index (χ4n) is 5.51. The Morgan fingerprint density at radius 3 is 2.52 bits per heavy atom. The lowest BCUT2D eigenvalue weighted by Crippen LogP contribution is -2.61. The topological polar surface area (TPSA) is 115 Å². The Bertz CT molecular complexity index is 1370. The number of fused-ring (bicyclic) bond motifs is 1. The van der Waals surface area contributed by atoms with Crippen molar-refractivity contribution in [3.05, 3.63) is 71.9 Å². The molecule has 1 saturated heterocycles. The van der Waals surface area contributed by atoms with Crippen LogP contribution >= 0.6 is 0 Å². The highest BCUT2D eigenvalue weighted by Gasteiger charge is 2.46. The number of likely N-dealkylation sites (tertiary alicyclic amines) is 1. The first-order chi connectivity index (χ1) is 19.5. The van der Waals surface area contributed by atoms with E-state index in [0.29, 0.717) is 25.8 Å². The smallest absolute Gasteiger partial charge is 0.245 e. The lowest BCUT2D eigenvalue weighted by molar-refractivity contribution is -0.159. The number of carbonyl (C=O) groups excluding carboxylic acids is 3. The monoisotopic (exact) mass is 547 g/mol. The molecule has 0 saturated carbocycles. The van der Waals surface area contributed by atoms with Gasteiger partial charge in [0, 0.05) is 57.8 Å². The van der Waals surface area contributed by atoms with E-state index in [1.165, 1.54) is 0 Å². The SMILES string of the molecule is [2H]NC(C)(C)C(=O)N[C@@H](Cc1c[nH]c2ccccc12)C(=O)N1CCC[C@](Cc2ccccc2)(C(=O)N(C)N(C)C)C1. The molecule has 2 heterocycles. The summed E-state index contributed by atoms with van der Waals surface area (Å²) >= 11 is 0. The second-order valence-corrected chi connectivity index (χ2v) is 11.7. The minimum absolute atomic E-state index is 0.0411. The molecule has 4 N–H and O–H groups in total. The van der Waals surface area contributed by atoms with Crippen LogP contribution in [0.15, 0.2) is 60.8 Å². The quantitative estimate of drug-likeness (QED) is 0.338. The van der Waals surface area contributed by atoms with Gasteiger partial charge in [0.1, 0.15) is 7.45 Å². The van der Waals surface area contributed by atoms with Crippen LogP contribution in [0.4, 0.5) is 0 Å². The number of hydrazine groups is 1. The van der Waals surface area contributed by atoms with Crippen LogP contribution in [0.2, 0.25) is 1.41 Å². The Labute approximate surface area is 238 Å². The molecule has 0 unspecified atom stereocenters. The van der Waals surface area contributed by atoms with E-state index in [2.05, 4.69) is 16.0 Å². The summed E-state index contributed by atoms with van der Waals surface area (Å²) in [5, 5.41) is 7.28. The number of nitrogens with one attached hydrogen (secondary N) is 2. The van der Waals surface area contributed by atoms with Gasteiger partial charge in [0.05, 0.1) is 11.0 Å². The van der Waals surface area contributed by atoms with Gasteiger partial charge in [0.2, 0.25) is 17.7 Å². The van der Waals surface area contributed by atoms with Crippen LogP contribution in [-0.4, -0.2) is 83.4 Å². The van der Waals surface area contributed by atoms with Gasteiger partial charge in [-0.1, -0.05) is 48.5 Å². The zero-order valence-electron chi connectivity index (χ0n) is 25.2. The van der Waals surface area contributed by atoms with Gasteiger partial charge in [0.25, 0.3) is 0 Å². The van der Waals surface area contributed by atoms with Gasteiger partial charge in [-0.25, -0.2) is 5.01 Å². The number of aromatic nitrogens is 1. The van der Waals surface area contributed by atoms with E-state index >= 15 is 0 Å². The van der Waals surface area contributed by atoms with E-state index < -0.39 is 22.9 Å². The van der Waals surface area contributed by atoms with Crippen molar-refractivity contribution in [3.8, 4) is 0 Å². The Hall–Kier alpha value is -3.69. The average Bonchev–Trinajstić information content (AvgIpc) is 3.38. The van der Waals surface area contributed by atoms with E-state index in [9.17, 15) is 14.4 Å². The van der Waals surface area contributed by atoms with Gasteiger partial charge in [0.15, 0.2) is 0 Å². The van der Waals surface area contributed by atoms with Gasteiger partial charge < -0.3 is 20.9 Å². The minimum atomic E-state index is -1.19. The first kappa shape index (κ1) is 27.9. The van der Waals surface area contributed by atoms with Crippen LogP contribution in [0.5, 0.6) is 0 Å². The normalized spacial score (nSPS) is 18.9. The second-order valence-electron chi connectivity index (χ2n) is 11.7. The number of piperidine rings is 1. The highest BCUT2D eigenvalue weighted by Crippen LogP contribution is 2.36. The molecule has 2 atom stereocenters. The maximum Gasteiger partial charge on any atom is 0.245 e. The molecule has 0 spiro atoms. The van der Waals surface area contributed by atoms with Crippen molar-refractivity contribution >= 4 is 28.6 Å². The Kier molecular flexibility index (Phi) is 8.23. The van der Waals surface area contributed by atoms with E-state index in [4.69, 9.17) is 1.41 Å². The predicted molar refractivity (Wildman–Crippen MR) is 157 cm³/mol. The van der Waals surface area contributed by atoms with Crippen LogP contribution in [-0.2, 0) is 27.2 Å². The molecule has 1 fully saturated rings. The number of rotatable bonds is 10. The van der Waals surface area contributed by atoms with Crippen molar-refractivity contribution in [1.82, 2.24) is 25.2 Å². The first-order valence-electron chi connectivity index (χ1n) is 14.3. The summed E-state index contributed by atoms with van der Waals surface area (Å²) in [5.41, 5.74) is 3.17. The zero-order chi connectivity index (χ0) is 29.8. The molecule has 9 nitrogen and oxygen atoms in total. The predicted octanol–water partition coefficient (Wildman–Crippen LogP) is 2.72. The molecule has 0 radical (unpaired) electrons. The number of benzene rings is 2. The van der Waals surface area contributed by atoms with Gasteiger partial charge in [-0.05, 0) is 50.3 Å². The summed E-state index contributed by atoms with van der Waals surface area (Å²) in [6.07, 6.45) is 3.97. The maximum atomic E-state index is 14.3. The zero-order valence-corrected chi connectivity index (χ0v) is 24.2. The standard InChI is InChI=1S/C31H42N6O3/c1-30(2,32)28(39)34-26(18-23-20-33-25-15-10-9-14-24(23)25)27(38)37-17-11-16-31(21-37,29(40)36(5)35(3)4)19-22-12-7-6-8-13-22/h6-10,12-15,20,26,33H,11,16-19,21,32H2,1-5H3,(H,34,39)/t26-,31+/m0/s1/i/hD. The van der Waals surface area contributed by atoms with E-state index in [1.54, 1.807) is 35.8 Å². The molecule has 3 amide bonds. The molecule has 9 heteroatoms. The molecule has 2 aromatic carbocycles. The number of H-pyrrole nitrogens is 1. The van der Waals surface area contributed by atoms with Crippen molar-refractivity contribution < 1.29 is 15.8 Å². The summed E-state index contributed by atoms with van der Waals surface area (Å²) < 4.78 is 7.61. The highest BCUT2D eigenvalue weighted by molar-refractivity contribution is 5.93. The lowest BCUT2D eigenvalue weighted by atomic mass is 9.74. The summed E-state index contributed by atoms with van der Waals surface area (Å²) in [6, 6.07) is 16.9. The molecular formula is C31H42N6O3. The number of nitrogens with two attached hydrogens (primary N) is 1. The fourth-order valence-corrected chi connectivity index (χ4v) is 5.51. The van der Waals surface area contributed by atoms with Crippen molar-refractivity contribution in [3.63, 3.8) is 0 Å². The van der Waals surface area contributed by atoms with Crippen molar-refractivity contribution in [2.45, 2.75) is 51.1 Å². The molecule has 1 aromatic heterocycles. The molecule has 1 aliphatic heterocycles. The molecule has 0 bridgehead atoms. The maximum absolute atomic E-state index is 14.3. The van der Waals surface area contributed by atoms with Crippen LogP contribution < -0.4 is 11.0 Å². The van der Waals surface area contributed by atoms with E-state index in [0.717, 1.165) is 22.0 Å². The molecule has 40 heavy (non-hydrogen) atoms. The highest BCUT2D eigenvalue weighted by atomic mass is 16.2. The van der Waals surface area contributed by atoms with Gasteiger partial charge >= 0.3 is 0 Å². The van der Waals surface area contributed by atoms with Crippen molar-refractivity contribution in [2.24, 2.45) is 11.1 Å². The largest absolute Gasteiger partial charge is 0.361 e. The number of hydrogen-bond donors (Lipinski definition) is 3.